The van der Waals surface area contributed by atoms with E-state index in [-0.39, 0.29) is 16.1 Å². The van der Waals surface area contributed by atoms with Crippen LogP contribution in [0.5, 0.6) is 5.75 Å². The maximum atomic E-state index is 14.9. The first kappa shape index (κ1) is 21.6. The molecule has 0 aliphatic heterocycles. The molecule has 8 heteroatoms. The van der Waals surface area contributed by atoms with Gasteiger partial charge in [-0.25, -0.2) is 18.0 Å². The molecule has 0 aliphatic rings. The third-order valence-electron chi connectivity index (χ3n) is 4.27. The Labute approximate surface area is 176 Å². The van der Waals surface area contributed by atoms with Gasteiger partial charge in [0.05, 0.1) is 31.2 Å². The van der Waals surface area contributed by atoms with Crippen LogP contribution in [0.15, 0.2) is 59.5 Å². The van der Waals surface area contributed by atoms with Crippen molar-refractivity contribution in [2.75, 3.05) is 19.5 Å². The van der Waals surface area contributed by atoms with Gasteiger partial charge in [0.25, 0.3) is 0 Å². The molecule has 3 aromatic rings. The Balaban J connectivity index is 1.94. The van der Waals surface area contributed by atoms with Crippen LogP contribution in [0.1, 0.15) is 15.9 Å². The molecule has 0 saturated carbocycles. The van der Waals surface area contributed by atoms with Gasteiger partial charge >= 0.3 is 5.97 Å². The Morgan fingerprint density at radius 1 is 1.00 bits per heavy atom. The van der Waals surface area contributed by atoms with Crippen LogP contribution >= 0.6 is 11.8 Å². The van der Waals surface area contributed by atoms with Gasteiger partial charge in [0.2, 0.25) is 0 Å². The lowest BCUT2D eigenvalue weighted by Crippen LogP contribution is -2.10. The molecule has 1 N–H and O–H groups in total. The minimum Gasteiger partial charge on any atom is -0.497 e. The number of methoxy groups -OCH3 is 2. The summed E-state index contributed by atoms with van der Waals surface area (Å²) in [5, 5.41) is 2.46. The number of halogens is 3. The summed E-state index contributed by atoms with van der Waals surface area (Å²) < 4.78 is 53.3. The van der Waals surface area contributed by atoms with Gasteiger partial charge in [0.15, 0.2) is 11.6 Å². The van der Waals surface area contributed by atoms with Gasteiger partial charge in [-0.15, -0.1) is 11.8 Å². The molecule has 4 nitrogen and oxygen atoms in total. The third kappa shape index (κ3) is 4.71. The molecular weight excluding hydrogens is 415 g/mol. The van der Waals surface area contributed by atoms with E-state index in [9.17, 15) is 18.0 Å². The van der Waals surface area contributed by atoms with Crippen molar-refractivity contribution in [2.45, 2.75) is 10.6 Å². The number of carbonyl (C=O) groups is 1. The molecule has 3 aromatic carbocycles. The molecule has 0 aromatic heterocycles. The maximum absolute atomic E-state index is 14.9. The Bertz CT molecular complexity index is 1060. The highest BCUT2D eigenvalue weighted by molar-refractivity contribution is 7.98. The van der Waals surface area contributed by atoms with Crippen LogP contribution in [0.25, 0.3) is 0 Å². The molecule has 0 heterocycles. The summed E-state index contributed by atoms with van der Waals surface area (Å²) in [7, 11) is 2.67. The Morgan fingerprint density at radius 2 is 1.70 bits per heavy atom. The van der Waals surface area contributed by atoms with E-state index in [1.165, 1.54) is 24.3 Å². The highest BCUT2D eigenvalue weighted by Gasteiger charge is 2.24. The smallest absolute Gasteiger partial charge is 0.340 e. The van der Waals surface area contributed by atoms with Crippen LogP contribution in [0.4, 0.5) is 24.5 Å². The zero-order valence-electron chi connectivity index (χ0n) is 16.2. The summed E-state index contributed by atoms with van der Waals surface area (Å²) in [5.74, 6) is -2.97. The largest absolute Gasteiger partial charge is 0.497 e. The number of esters is 1. The normalized spacial score (nSPS) is 10.6. The van der Waals surface area contributed by atoms with Crippen LogP contribution in [-0.2, 0) is 10.5 Å². The number of hydrogen-bond donors (Lipinski definition) is 1. The predicted molar refractivity (Wildman–Crippen MR) is 110 cm³/mol. The SMILES string of the molecule is COC(=O)c1cc(SCc2ccc(OC)cc2)c(F)c(F)c1Nc1ccccc1F. The monoisotopic (exact) mass is 433 g/mol. The summed E-state index contributed by atoms with van der Waals surface area (Å²) in [6.45, 7) is 0. The van der Waals surface area contributed by atoms with Gasteiger partial charge in [-0.1, -0.05) is 24.3 Å². The summed E-state index contributed by atoms with van der Waals surface area (Å²) in [6.07, 6.45) is 0. The van der Waals surface area contributed by atoms with Crippen molar-refractivity contribution >= 4 is 29.1 Å². The first-order chi connectivity index (χ1) is 14.4. The van der Waals surface area contributed by atoms with Gasteiger partial charge in [-0.2, -0.15) is 0 Å². The van der Waals surface area contributed by atoms with E-state index < -0.39 is 29.1 Å². The second-order valence-electron chi connectivity index (χ2n) is 6.16. The number of carbonyl (C=O) groups excluding carboxylic acids is 1. The van der Waals surface area contributed by atoms with E-state index in [4.69, 9.17) is 9.47 Å². The molecule has 0 unspecified atom stereocenters. The summed E-state index contributed by atoms with van der Waals surface area (Å²) in [4.78, 5) is 12.1. The minimum absolute atomic E-state index is 0.0669. The summed E-state index contributed by atoms with van der Waals surface area (Å²) >= 11 is 1.02. The number of benzene rings is 3. The molecule has 0 saturated heterocycles. The van der Waals surface area contributed by atoms with Crippen LogP contribution < -0.4 is 10.1 Å². The van der Waals surface area contributed by atoms with Gasteiger partial charge in [0.1, 0.15) is 11.6 Å². The first-order valence-corrected chi connectivity index (χ1v) is 9.80. The molecule has 0 aliphatic carbocycles. The average Bonchev–Trinajstić information content (AvgIpc) is 2.77. The lowest BCUT2D eigenvalue weighted by Gasteiger charge is -2.15. The predicted octanol–water partition coefficient (Wildman–Crippen LogP) is 5.94. The zero-order valence-corrected chi connectivity index (χ0v) is 17.0. The summed E-state index contributed by atoms with van der Waals surface area (Å²) in [5.41, 5.74) is 0.0310. The molecule has 30 heavy (non-hydrogen) atoms. The Morgan fingerprint density at radius 3 is 2.33 bits per heavy atom. The lowest BCUT2D eigenvalue weighted by molar-refractivity contribution is 0.0601. The van der Waals surface area contributed by atoms with Gasteiger partial charge in [-0.3, -0.25) is 0 Å². The molecule has 0 fully saturated rings. The second kappa shape index (κ2) is 9.58. The number of rotatable bonds is 7. The van der Waals surface area contributed by atoms with E-state index in [1.54, 1.807) is 31.4 Å². The molecule has 0 amide bonds. The number of anilines is 2. The first-order valence-electron chi connectivity index (χ1n) is 8.82. The second-order valence-corrected chi connectivity index (χ2v) is 7.18. The van der Waals surface area contributed by atoms with Gasteiger partial charge in [-0.05, 0) is 35.9 Å². The molecule has 0 spiro atoms. The van der Waals surface area contributed by atoms with E-state index >= 15 is 0 Å². The third-order valence-corrected chi connectivity index (χ3v) is 5.35. The van der Waals surface area contributed by atoms with Crippen molar-refractivity contribution < 1.29 is 27.4 Å². The Hall–Kier alpha value is -3.13. The number of hydrogen-bond acceptors (Lipinski definition) is 5. The van der Waals surface area contributed by atoms with E-state index in [1.807, 2.05) is 0 Å². The molecule has 0 bridgehead atoms. The van der Waals surface area contributed by atoms with Crippen molar-refractivity contribution in [3.05, 3.63) is 83.2 Å². The van der Waals surface area contributed by atoms with E-state index in [2.05, 4.69) is 5.32 Å². The molecule has 3 rings (SSSR count). The highest BCUT2D eigenvalue weighted by atomic mass is 32.2. The van der Waals surface area contributed by atoms with E-state index in [0.29, 0.717) is 11.5 Å². The van der Waals surface area contributed by atoms with Crippen molar-refractivity contribution in [3.63, 3.8) is 0 Å². The number of thioether (sulfide) groups is 1. The van der Waals surface area contributed by atoms with Crippen LogP contribution in [-0.4, -0.2) is 20.2 Å². The number of nitrogens with one attached hydrogen (secondary N) is 1. The van der Waals surface area contributed by atoms with Gasteiger partial charge in [0, 0.05) is 10.6 Å². The number of para-hydroxylation sites is 1. The van der Waals surface area contributed by atoms with Crippen molar-refractivity contribution in [2.24, 2.45) is 0 Å². The average molecular weight is 433 g/mol. The molecule has 0 radical (unpaired) electrons. The quantitative estimate of drug-likeness (QED) is 0.369. The van der Waals surface area contributed by atoms with Crippen LogP contribution in [0.3, 0.4) is 0 Å². The van der Waals surface area contributed by atoms with Crippen molar-refractivity contribution in [1.82, 2.24) is 0 Å². The van der Waals surface area contributed by atoms with Crippen LogP contribution in [0.2, 0.25) is 0 Å². The fourth-order valence-electron chi connectivity index (χ4n) is 2.68. The van der Waals surface area contributed by atoms with E-state index in [0.717, 1.165) is 30.5 Å². The van der Waals surface area contributed by atoms with Crippen molar-refractivity contribution in [1.29, 1.82) is 0 Å². The van der Waals surface area contributed by atoms with Crippen molar-refractivity contribution in [3.8, 4) is 5.75 Å². The zero-order chi connectivity index (χ0) is 21.7. The molecule has 0 atom stereocenters. The maximum Gasteiger partial charge on any atom is 0.340 e. The fraction of sp³-hybridized carbons (Fsp3) is 0.136. The Kier molecular flexibility index (Phi) is 6.89. The van der Waals surface area contributed by atoms with Gasteiger partial charge < -0.3 is 14.8 Å². The topological polar surface area (TPSA) is 47.6 Å². The fourth-order valence-corrected chi connectivity index (χ4v) is 3.61. The summed E-state index contributed by atoms with van der Waals surface area (Å²) in [6, 6.07) is 13.8. The molecule has 156 valence electrons. The minimum atomic E-state index is -1.29. The lowest BCUT2D eigenvalue weighted by atomic mass is 10.1. The van der Waals surface area contributed by atoms with Crippen LogP contribution in [0, 0.1) is 17.5 Å². The standard InChI is InChI=1S/C22H18F3NO3S/c1-28-14-9-7-13(8-10-14)12-30-18-11-15(22(27)29-2)21(20(25)19(18)24)26-17-6-4-3-5-16(17)23/h3-11,26H,12H2,1-2H3. The molecular formula is C22H18F3NO3S. The highest BCUT2D eigenvalue weighted by Crippen LogP contribution is 2.35. The number of ether oxygens (including phenoxy) is 2.